The quantitative estimate of drug-likeness (QED) is 0.101. The number of rotatable bonds is 10. The molecule has 3 heterocycles. The highest BCUT2D eigenvalue weighted by molar-refractivity contribution is 6.39. The Morgan fingerprint density at radius 3 is 2.21 bits per heavy atom. The smallest absolute Gasteiger partial charge is 0.329 e. The van der Waals surface area contributed by atoms with Gasteiger partial charge in [-0.05, 0) is 107 Å². The first kappa shape index (κ1) is 61.2. The molecule has 0 radical (unpaired) electrons. The minimum absolute atomic E-state index is 0.00335. The summed E-state index contributed by atoms with van der Waals surface area (Å²) in [6, 6.07) is -1.19. The Morgan fingerprint density at radius 2 is 1.53 bits per heavy atom. The third kappa shape index (κ3) is 17.1. The van der Waals surface area contributed by atoms with Crippen LogP contribution in [-0.4, -0.2) is 146 Å². The number of ketones is 3. The first-order valence-electron chi connectivity index (χ1n) is 26.3. The Bertz CT molecular complexity index is 2030. The zero-order valence-electron chi connectivity index (χ0n) is 45.2. The van der Waals surface area contributed by atoms with Crippen molar-refractivity contribution in [1.29, 1.82) is 0 Å². The predicted molar refractivity (Wildman–Crippen MR) is 270 cm³/mol. The Labute approximate surface area is 432 Å². The van der Waals surface area contributed by atoms with E-state index >= 15 is 0 Å². The van der Waals surface area contributed by atoms with E-state index in [2.05, 4.69) is 4.74 Å². The van der Waals surface area contributed by atoms with E-state index in [0.717, 1.165) is 5.57 Å². The molecule has 0 aromatic carbocycles. The van der Waals surface area contributed by atoms with Crippen molar-refractivity contribution in [1.82, 2.24) is 4.90 Å². The number of amides is 1. The maximum Gasteiger partial charge on any atom is 0.329 e. The molecular formula is C56H85NO16. The van der Waals surface area contributed by atoms with Gasteiger partial charge in [0.2, 0.25) is 5.79 Å². The lowest BCUT2D eigenvalue weighted by Crippen LogP contribution is -2.61. The van der Waals surface area contributed by atoms with Crippen molar-refractivity contribution < 1.29 is 76.9 Å². The lowest BCUT2D eigenvalue weighted by Gasteiger charge is -2.42. The molecule has 410 valence electrons. The van der Waals surface area contributed by atoms with Crippen LogP contribution >= 0.6 is 0 Å². The highest BCUT2D eigenvalue weighted by atomic mass is 16.6. The van der Waals surface area contributed by atoms with Crippen LogP contribution < -0.4 is 0 Å². The van der Waals surface area contributed by atoms with E-state index in [9.17, 15) is 43.8 Å². The summed E-state index contributed by atoms with van der Waals surface area (Å²) in [5.74, 6) is -9.56. The molecule has 3 fully saturated rings. The van der Waals surface area contributed by atoms with Gasteiger partial charge in [-0.2, -0.15) is 0 Å². The zero-order chi connectivity index (χ0) is 54.2. The van der Waals surface area contributed by atoms with Crippen LogP contribution in [0.25, 0.3) is 0 Å². The molecular weight excluding hydrogens is 943 g/mol. The van der Waals surface area contributed by atoms with Gasteiger partial charge in [-0.25, -0.2) is 4.79 Å². The van der Waals surface area contributed by atoms with Gasteiger partial charge in [0.1, 0.15) is 36.2 Å². The average molecular weight is 1030 g/mol. The van der Waals surface area contributed by atoms with Crippen LogP contribution in [0.15, 0.2) is 47.6 Å². The fourth-order valence-corrected chi connectivity index (χ4v) is 10.8. The van der Waals surface area contributed by atoms with E-state index in [-0.39, 0.29) is 55.6 Å². The van der Waals surface area contributed by atoms with Crippen molar-refractivity contribution in [2.24, 2.45) is 35.5 Å². The summed E-state index contributed by atoms with van der Waals surface area (Å²) in [5, 5.41) is 23.5. The summed E-state index contributed by atoms with van der Waals surface area (Å²) in [6.07, 6.45) is 9.96. The molecule has 0 aromatic heterocycles. The number of carbonyl (C=O) groups excluding carboxylic acids is 7. The lowest BCUT2D eigenvalue weighted by atomic mass is 9.78. The normalized spacial score (nSPS) is 37.1. The minimum atomic E-state index is -2.46. The number of carbonyl (C=O) groups is 7. The fourth-order valence-electron chi connectivity index (χ4n) is 10.8. The number of methoxy groups -OCH3 is 4. The third-order valence-corrected chi connectivity index (χ3v) is 15.5. The minimum Gasteiger partial charge on any atom is -0.469 e. The van der Waals surface area contributed by atoms with Gasteiger partial charge in [-0.15, -0.1) is 0 Å². The maximum atomic E-state index is 14.5. The SMILES string of the molecule is COC(=O)CCC(=O)O[C@@H]1CC[C@@H](C[C@@H](C)[C@@H]2CC(=O)[C@H](C)/C=C(\C)[C@@H](O)[C@@H](OC)C(=O)[C@H](C)C[C@H](C)\C=C/C=C/C=C(\C)[C@@H](OC)C[C@@H]3CC[C@@H](C)[C@@](O)(O3)C(=O)C(=O)N3CCCC[C@H]3C(=O)O2)C[C@H]1OC. The Balaban J connectivity index is 1.68. The molecule has 3 aliphatic heterocycles. The van der Waals surface area contributed by atoms with Crippen LogP contribution in [0.2, 0.25) is 0 Å². The summed E-state index contributed by atoms with van der Waals surface area (Å²) < 4.78 is 40.0. The molecule has 1 amide bonds. The monoisotopic (exact) mass is 1030 g/mol. The van der Waals surface area contributed by atoms with Gasteiger partial charge >= 0.3 is 17.9 Å². The number of piperidine rings is 1. The van der Waals surface area contributed by atoms with E-state index in [4.69, 9.17) is 28.4 Å². The van der Waals surface area contributed by atoms with Crippen molar-refractivity contribution in [2.45, 2.75) is 193 Å². The van der Waals surface area contributed by atoms with E-state index in [1.54, 1.807) is 40.9 Å². The molecule has 4 rings (SSSR count). The van der Waals surface area contributed by atoms with Crippen LogP contribution in [0.3, 0.4) is 0 Å². The zero-order valence-corrected chi connectivity index (χ0v) is 45.2. The van der Waals surface area contributed by atoms with E-state index in [1.807, 2.05) is 51.2 Å². The molecule has 2 saturated heterocycles. The summed E-state index contributed by atoms with van der Waals surface area (Å²) in [7, 11) is 5.71. The highest BCUT2D eigenvalue weighted by Crippen LogP contribution is 2.38. The number of Topliss-reactive ketones (excluding diaryl/α,β-unsaturated/α-hetero) is 3. The highest BCUT2D eigenvalue weighted by Gasteiger charge is 2.53. The number of aliphatic hydroxyl groups excluding tert-OH is 1. The van der Waals surface area contributed by atoms with Gasteiger partial charge in [-0.3, -0.25) is 28.8 Å². The molecule has 2 N–H and O–H groups in total. The van der Waals surface area contributed by atoms with Crippen molar-refractivity contribution in [3.63, 3.8) is 0 Å². The van der Waals surface area contributed by atoms with Crippen LogP contribution in [0.4, 0.5) is 0 Å². The van der Waals surface area contributed by atoms with Crippen LogP contribution in [0.1, 0.15) is 138 Å². The van der Waals surface area contributed by atoms with Crippen LogP contribution in [0.5, 0.6) is 0 Å². The second-order valence-electron chi connectivity index (χ2n) is 21.1. The number of hydrogen-bond acceptors (Lipinski definition) is 16. The van der Waals surface area contributed by atoms with Crippen molar-refractivity contribution in [2.75, 3.05) is 35.0 Å². The molecule has 0 unspecified atom stereocenters. The third-order valence-electron chi connectivity index (χ3n) is 15.5. The van der Waals surface area contributed by atoms with E-state index in [0.29, 0.717) is 69.8 Å². The molecule has 73 heavy (non-hydrogen) atoms. The number of cyclic esters (lactones) is 1. The number of ether oxygens (including phenoxy) is 7. The maximum absolute atomic E-state index is 14.5. The predicted octanol–water partition coefficient (Wildman–Crippen LogP) is 6.68. The number of allylic oxidation sites excluding steroid dienone is 6. The summed E-state index contributed by atoms with van der Waals surface area (Å²) in [5.41, 5.74) is 1.22. The largest absolute Gasteiger partial charge is 0.469 e. The van der Waals surface area contributed by atoms with Crippen molar-refractivity contribution in [3.8, 4) is 0 Å². The Morgan fingerprint density at radius 1 is 0.822 bits per heavy atom. The first-order chi connectivity index (χ1) is 34.6. The molecule has 17 nitrogen and oxygen atoms in total. The second kappa shape index (κ2) is 29.1. The topological polar surface area (TPSA) is 228 Å². The fraction of sp³-hybridized carbons (Fsp3) is 0.732. The van der Waals surface area contributed by atoms with Gasteiger partial charge in [0.15, 0.2) is 5.78 Å². The summed E-state index contributed by atoms with van der Waals surface area (Å²) in [6.45, 7) is 12.6. The lowest BCUT2D eigenvalue weighted by molar-refractivity contribution is -0.265. The van der Waals surface area contributed by atoms with Gasteiger partial charge in [0.25, 0.3) is 11.7 Å². The number of nitrogens with zero attached hydrogens (tertiary/aromatic N) is 1. The number of hydrogen-bond donors (Lipinski definition) is 2. The molecule has 15 atom stereocenters. The van der Waals surface area contributed by atoms with Gasteiger partial charge in [0.05, 0.1) is 38.3 Å². The second-order valence-corrected chi connectivity index (χ2v) is 21.1. The number of aliphatic hydroxyl groups is 2. The molecule has 17 heteroatoms. The van der Waals surface area contributed by atoms with Gasteiger partial charge in [-0.1, -0.05) is 71.1 Å². The van der Waals surface area contributed by atoms with E-state index in [1.165, 1.54) is 26.2 Å². The first-order valence-corrected chi connectivity index (χ1v) is 26.3. The standard InChI is InChI=1S/C56H85NO16/c1-33-17-13-12-14-18-34(2)45(67-8)31-41-22-20-39(7)56(66,73-41)53(63)54(64)57-26-16-15-19-42(57)55(65)72-46(32-43(58)35(3)28-38(6)51(62)52(70-11)50(61)37(5)27-33)36(4)29-40-21-23-44(47(30-40)68-9)71-49(60)25-24-48(59)69-10/h12-14,17-18,28,33,35-37,39-42,44-47,51-52,62,66H,15-16,19-27,29-32H2,1-11H3/b14-12+,17-13-,34-18+,38-28+/t33-,35-,36-,37-,39-,40+,41+,42+,44-,45+,46+,47-,51-,52+,56-/m1/s1. The van der Waals surface area contributed by atoms with Crippen LogP contribution in [-0.2, 0) is 66.7 Å². The molecule has 0 spiro atoms. The molecule has 1 saturated carbocycles. The summed E-state index contributed by atoms with van der Waals surface area (Å²) >= 11 is 0. The number of fused-ring (bicyclic) bond motifs is 3. The number of esters is 3. The molecule has 1 aliphatic carbocycles. The molecule has 2 bridgehead atoms. The van der Waals surface area contributed by atoms with E-state index < -0.39 is 108 Å². The van der Waals surface area contributed by atoms with Crippen LogP contribution in [0, 0.1) is 35.5 Å². The van der Waals surface area contributed by atoms with Crippen molar-refractivity contribution in [3.05, 3.63) is 47.6 Å². The summed E-state index contributed by atoms with van der Waals surface area (Å²) in [4.78, 5) is 96.6. The molecule has 4 aliphatic rings. The van der Waals surface area contributed by atoms with Gasteiger partial charge in [0, 0.05) is 58.5 Å². The van der Waals surface area contributed by atoms with Gasteiger partial charge < -0.3 is 48.3 Å². The Kier molecular flexibility index (Phi) is 24.3. The Hall–Kier alpha value is -4.39. The molecule has 0 aromatic rings. The van der Waals surface area contributed by atoms with Crippen molar-refractivity contribution >= 4 is 41.2 Å². The average Bonchev–Trinajstić information content (AvgIpc) is 3.37.